The molecule has 0 radical (unpaired) electrons. The Morgan fingerprint density at radius 2 is 1.27 bits per heavy atom. The van der Waals surface area contributed by atoms with Gasteiger partial charge in [-0.15, -0.1) is 11.6 Å². The number of halogens is 1. The topological polar surface area (TPSA) is 17.1 Å². The van der Waals surface area contributed by atoms with Crippen LogP contribution < -0.4 is 0 Å². The van der Waals surface area contributed by atoms with Gasteiger partial charge in [-0.05, 0) is 43.9 Å². The number of aryl methyl sites for hydroxylation is 2. The predicted molar refractivity (Wildman–Crippen MR) is 94.4 cm³/mol. The molecular formula is C20H21ClO. The van der Waals surface area contributed by atoms with Gasteiger partial charge in [0.05, 0.1) is 0 Å². The van der Waals surface area contributed by atoms with Gasteiger partial charge >= 0.3 is 0 Å². The van der Waals surface area contributed by atoms with Gasteiger partial charge in [0.25, 0.3) is 0 Å². The lowest BCUT2D eigenvalue weighted by Crippen LogP contribution is -2.04. The number of alkyl halides is 1. The van der Waals surface area contributed by atoms with Crippen LogP contribution in [-0.2, 0) is 4.79 Å². The number of carbonyl (C=O) groups excluding carboxylic acids is 1. The molecule has 0 aromatic heterocycles. The normalized spacial score (nSPS) is 10.4. The molecule has 2 aromatic rings. The maximum Gasteiger partial charge on any atom is 0.156 e. The molecular weight excluding hydrogens is 292 g/mol. The van der Waals surface area contributed by atoms with Crippen LogP contribution >= 0.6 is 11.6 Å². The molecule has 0 fully saturated rings. The Hall–Kier alpha value is -1.86. The lowest BCUT2D eigenvalue weighted by molar-refractivity contribution is -0.113. The van der Waals surface area contributed by atoms with Crippen LogP contribution in [0.15, 0.2) is 54.1 Å². The summed E-state index contributed by atoms with van der Waals surface area (Å²) in [4.78, 5) is 12.1. The summed E-state index contributed by atoms with van der Waals surface area (Å²) in [6.07, 6.45) is 0.577. The molecule has 114 valence electrons. The summed E-state index contributed by atoms with van der Waals surface area (Å²) in [5, 5.41) is 0. The zero-order valence-electron chi connectivity index (χ0n) is 13.3. The summed E-state index contributed by atoms with van der Waals surface area (Å²) in [7, 11) is 0. The highest BCUT2D eigenvalue weighted by Gasteiger charge is 2.15. The van der Waals surface area contributed by atoms with Crippen LogP contribution in [0, 0.1) is 13.8 Å². The van der Waals surface area contributed by atoms with Gasteiger partial charge in [-0.1, -0.05) is 59.7 Å². The van der Waals surface area contributed by atoms with Gasteiger partial charge in [0.2, 0.25) is 0 Å². The van der Waals surface area contributed by atoms with Crippen LogP contribution in [0.5, 0.6) is 0 Å². The van der Waals surface area contributed by atoms with Gasteiger partial charge in [-0.2, -0.15) is 0 Å². The third kappa shape index (κ3) is 3.86. The molecule has 0 aliphatic rings. The Kier molecular flexibility index (Phi) is 5.57. The number of hydrogen-bond acceptors (Lipinski definition) is 1. The van der Waals surface area contributed by atoms with Crippen molar-refractivity contribution in [2.75, 3.05) is 5.88 Å². The van der Waals surface area contributed by atoms with E-state index in [1.165, 1.54) is 11.1 Å². The van der Waals surface area contributed by atoms with E-state index in [4.69, 9.17) is 11.6 Å². The second kappa shape index (κ2) is 7.42. The first kappa shape index (κ1) is 16.5. The number of rotatable bonds is 5. The summed E-state index contributed by atoms with van der Waals surface area (Å²) in [6.45, 7) is 5.73. The first-order valence-corrected chi connectivity index (χ1v) is 8.00. The second-order valence-electron chi connectivity index (χ2n) is 5.58. The van der Waals surface area contributed by atoms with Gasteiger partial charge in [0.15, 0.2) is 5.78 Å². The minimum atomic E-state index is 0.0804. The van der Waals surface area contributed by atoms with Crippen molar-refractivity contribution in [3.63, 3.8) is 0 Å². The Morgan fingerprint density at radius 3 is 1.59 bits per heavy atom. The standard InChI is InChI=1S/C20H21ClO/c1-14-4-8-17(9-5-14)20(19(12-13-21)16(3)22)18-10-6-15(2)7-11-18/h4-11H,12-13H2,1-3H3. The quantitative estimate of drug-likeness (QED) is 0.539. The first-order chi connectivity index (χ1) is 10.5. The Labute approximate surface area is 137 Å². The van der Waals surface area contributed by atoms with E-state index in [0.29, 0.717) is 12.3 Å². The van der Waals surface area contributed by atoms with E-state index in [1.54, 1.807) is 6.92 Å². The average Bonchev–Trinajstić information content (AvgIpc) is 2.50. The minimum Gasteiger partial charge on any atom is -0.295 e. The highest BCUT2D eigenvalue weighted by Crippen LogP contribution is 2.30. The number of carbonyl (C=O) groups is 1. The highest BCUT2D eigenvalue weighted by molar-refractivity contribution is 6.18. The van der Waals surface area contributed by atoms with Crippen molar-refractivity contribution in [1.82, 2.24) is 0 Å². The number of benzene rings is 2. The molecule has 2 heteroatoms. The van der Waals surface area contributed by atoms with Crippen molar-refractivity contribution in [2.45, 2.75) is 27.2 Å². The first-order valence-electron chi connectivity index (χ1n) is 7.47. The van der Waals surface area contributed by atoms with Gasteiger partial charge < -0.3 is 0 Å². The zero-order valence-corrected chi connectivity index (χ0v) is 14.1. The minimum absolute atomic E-state index is 0.0804. The maximum atomic E-state index is 12.1. The van der Waals surface area contributed by atoms with E-state index in [0.717, 1.165) is 22.3 Å². The fourth-order valence-corrected chi connectivity index (χ4v) is 2.72. The fourth-order valence-electron chi connectivity index (χ4n) is 2.53. The largest absolute Gasteiger partial charge is 0.295 e. The molecule has 0 atom stereocenters. The van der Waals surface area contributed by atoms with E-state index in [9.17, 15) is 4.79 Å². The highest BCUT2D eigenvalue weighted by atomic mass is 35.5. The lowest BCUT2D eigenvalue weighted by atomic mass is 9.89. The van der Waals surface area contributed by atoms with E-state index in [2.05, 4.69) is 62.4 Å². The molecule has 0 spiro atoms. The number of Topliss-reactive ketones (excluding diaryl/α,β-unsaturated/α-hetero) is 1. The molecule has 0 unspecified atom stereocenters. The summed E-state index contributed by atoms with van der Waals surface area (Å²) >= 11 is 5.92. The van der Waals surface area contributed by atoms with Crippen LogP contribution in [0.3, 0.4) is 0 Å². The molecule has 0 saturated heterocycles. The van der Waals surface area contributed by atoms with E-state index >= 15 is 0 Å². The van der Waals surface area contributed by atoms with Crippen molar-refractivity contribution in [3.8, 4) is 0 Å². The summed E-state index contributed by atoms with van der Waals surface area (Å²) < 4.78 is 0. The average molecular weight is 313 g/mol. The smallest absolute Gasteiger partial charge is 0.156 e. The Bertz CT molecular complexity index is 631. The van der Waals surface area contributed by atoms with Crippen LogP contribution in [0.2, 0.25) is 0 Å². The lowest BCUT2D eigenvalue weighted by Gasteiger charge is -2.15. The van der Waals surface area contributed by atoms with E-state index < -0.39 is 0 Å². The zero-order chi connectivity index (χ0) is 16.1. The third-order valence-electron chi connectivity index (χ3n) is 3.75. The molecule has 0 heterocycles. The Balaban J connectivity index is 2.67. The van der Waals surface area contributed by atoms with Gasteiger partial charge in [0, 0.05) is 11.5 Å². The van der Waals surface area contributed by atoms with Crippen LogP contribution in [0.4, 0.5) is 0 Å². The van der Waals surface area contributed by atoms with Crippen molar-refractivity contribution in [1.29, 1.82) is 0 Å². The molecule has 0 N–H and O–H groups in total. The number of allylic oxidation sites excluding steroid dienone is 1. The monoisotopic (exact) mass is 312 g/mol. The summed E-state index contributed by atoms with van der Waals surface area (Å²) in [6, 6.07) is 16.6. The molecule has 1 nitrogen and oxygen atoms in total. The molecule has 2 rings (SSSR count). The van der Waals surface area contributed by atoms with Crippen molar-refractivity contribution < 1.29 is 4.79 Å². The van der Waals surface area contributed by atoms with E-state index in [1.807, 2.05) is 0 Å². The Morgan fingerprint density at radius 1 is 0.864 bits per heavy atom. The molecule has 2 aromatic carbocycles. The SMILES string of the molecule is CC(=O)C(CCCl)=C(c1ccc(C)cc1)c1ccc(C)cc1. The van der Waals surface area contributed by atoms with Gasteiger partial charge in [-0.3, -0.25) is 4.79 Å². The van der Waals surface area contributed by atoms with Crippen LogP contribution in [0.25, 0.3) is 5.57 Å². The van der Waals surface area contributed by atoms with Gasteiger partial charge in [-0.25, -0.2) is 0 Å². The molecule has 0 aliphatic carbocycles. The molecule has 0 saturated carbocycles. The van der Waals surface area contributed by atoms with Crippen LogP contribution in [-0.4, -0.2) is 11.7 Å². The fraction of sp³-hybridized carbons (Fsp3) is 0.250. The predicted octanol–water partition coefficient (Wildman–Crippen LogP) is 5.32. The summed E-state index contributed by atoms with van der Waals surface area (Å²) in [5.74, 6) is 0.521. The second-order valence-corrected chi connectivity index (χ2v) is 5.96. The number of hydrogen-bond donors (Lipinski definition) is 0. The van der Waals surface area contributed by atoms with Gasteiger partial charge in [0.1, 0.15) is 0 Å². The van der Waals surface area contributed by atoms with E-state index in [-0.39, 0.29) is 5.78 Å². The molecule has 22 heavy (non-hydrogen) atoms. The maximum absolute atomic E-state index is 12.1. The van der Waals surface area contributed by atoms with Crippen molar-refractivity contribution in [2.24, 2.45) is 0 Å². The van der Waals surface area contributed by atoms with Crippen molar-refractivity contribution >= 4 is 23.0 Å². The number of ketones is 1. The molecule has 0 bridgehead atoms. The summed E-state index contributed by atoms with van der Waals surface area (Å²) in [5.41, 5.74) is 6.31. The third-order valence-corrected chi connectivity index (χ3v) is 3.94. The molecule has 0 amide bonds. The molecule has 0 aliphatic heterocycles. The van der Waals surface area contributed by atoms with Crippen LogP contribution in [0.1, 0.15) is 35.6 Å². The van der Waals surface area contributed by atoms with Crippen molar-refractivity contribution in [3.05, 3.63) is 76.4 Å².